The van der Waals surface area contributed by atoms with Crippen molar-refractivity contribution in [2.24, 2.45) is 5.73 Å². The van der Waals surface area contributed by atoms with Gasteiger partial charge < -0.3 is 15.5 Å². The Labute approximate surface area is 151 Å². The number of aromatic nitrogens is 2. The van der Waals surface area contributed by atoms with E-state index in [2.05, 4.69) is 28.7 Å². The van der Waals surface area contributed by atoms with Gasteiger partial charge in [-0.3, -0.25) is 4.90 Å². The standard InChI is InChI=1S/C15H26N6.2ClH/c1-3-20-5-4-13-12(11-20)14(10-16)18-15(17-13)21-8-6-19(2)7-9-21;;/h3-11,16H2,1-2H3;2*1H. The van der Waals surface area contributed by atoms with E-state index in [1.165, 1.54) is 11.3 Å². The predicted octanol–water partition coefficient (Wildman–Crippen LogP) is 0.909. The van der Waals surface area contributed by atoms with E-state index >= 15 is 0 Å². The van der Waals surface area contributed by atoms with Crippen molar-refractivity contribution in [1.29, 1.82) is 0 Å². The highest BCUT2D eigenvalue weighted by atomic mass is 35.5. The molecular weight excluding hydrogens is 335 g/mol. The predicted molar refractivity (Wildman–Crippen MR) is 98.8 cm³/mol. The van der Waals surface area contributed by atoms with Crippen molar-refractivity contribution in [3.63, 3.8) is 0 Å². The van der Waals surface area contributed by atoms with Gasteiger partial charge in [-0.2, -0.15) is 0 Å². The van der Waals surface area contributed by atoms with Gasteiger partial charge in [0.05, 0.1) is 11.4 Å². The molecule has 0 unspecified atom stereocenters. The fourth-order valence-corrected chi connectivity index (χ4v) is 3.11. The molecular formula is C15H28Cl2N6. The Bertz CT molecular complexity index is 488. The normalized spacial score (nSPS) is 18.8. The van der Waals surface area contributed by atoms with E-state index in [4.69, 9.17) is 15.7 Å². The lowest BCUT2D eigenvalue weighted by Gasteiger charge is -2.34. The number of fused-ring (bicyclic) bond motifs is 1. The van der Waals surface area contributed by atoms with Gasteiger partial charge in [-0.05, 0) is 13.6 Å². The number of hydrogen-bond donors (Lipinski definition) is 1. The van der Waals surface area contributed by atoms with Crippen LogP contribution in [-0.4, -0.2) is 66.1 Å². The van der Waals surface area contributed by atoms with Gasteiger partial charge in [0, 0.05) is 57.8 Å². The van der Waals surface area contributed by atoms with E-state index in [9.17, 15) is 0 Å². The Balaban J connectivity index is 0.00000132. The first-order valence-corrected chi connectivity index (χ1v) is 7.95. The van der Waals surface area contributed by atoms with Crippen molar-refractivity contribution in [2.75, 3.05) is 51.2 Å². The molecule has 2 N–H and O–H groups in total. The minimum absolute atomic E-state index is 0. The molecule has 2 aliphatic rings. The van der Waals surface area contributed by atoms with Crippen molar-refractivity contribution >= 4 is 30.8 Å². The molecule has 0 radical (unpaired) electrons. The first kappa shape index (κ1) is 20.4. The van der Waals surface area contributed by atoms with Gasteiger partial charge in [0.2, 0.25) is 5.95 Å². The number of nitrogens with two attached hydrogens (primary N) is 1. The first-order valence-electron chi connectivity index (χ1n) is 7.95. The largest absolute Gasteiger partial charge is 0.338 e. The quantitative estimate of drug-likeness (QED) is 0.862. The summed E-state index contributed by atoms with van der Waals surface area (Å²) in [5, 5.41) is 0. The molecule has 6 nitrogen and oxygen atoms in total. The highest BCUT2D eigenvalue weighted by Gasteiger charge is 2.23. The summed E-state index contributed by atoms with van der Waals surface area (Å²) in [6.45, 7) is 9.96. The summed E-state index contributed by atoms with van der Waals surface area (Å²) in [5.41, 5.74) is 9.46. The van der Waals surface area contributed by atoms with Crippen LogP contribution >= 0.6 is 24.8 Å². The molecule has 0 aromatic carbocycles. The van der Waals surface area contributed by atoms with Crippen LogP contribution in [0.2, 0.25) is 0 Å². The lowest BCUT2D eigenvalue weighted by molar-refractivity contribution is 0.263. The van der Waals surface area contributed by atoms with Crippen molar-refractivity contribution in [3.8, 4) is 0 Å². The summed E-state index contributed by atoms with van der Waals surface area (Å²) in [7, 11) is 2.16. The zero-order valence-corrected chi connectivity index (χ0v) is 15.6. The van der Waals surface area contributed by atoms with Gasteiger partial charge in [-0.25, -0.2) is 9.97 Å². The van der Waals surface area contributed by atoms with E-state index in [-0.39, 0.29) is 24.8 Å². The van der Waals surface area contributed by atoms with Gasteiger partial charge in [0.1, 0.15) is 0 Å². The average molecular weight is 363 g/mol. The maximum atomic E-state index is 5.95. The molecule has 0 amide bonds. The van der Waals surface area contributed by atoms with Crippen LogP contribution < -0.4 is 10.6 Å². The van der Waals surface area contributed by atoms with E-state index in [0.717, 1.165) is 63.9 Å². The molecule has 0 spiro atoms. The number of hydrogen-bond acceptors (Lipinski definition) is 6. The summed E-state index contributed by atoms with van der Waals surface area (Å²) in [6, 6.07) is 0. The Morgan fingerprint density at radius 2 is 1.74 bits per heavy atom. The molecule has 0 saturated carbocycles. The van der Waals surface area contributed by atoms with Gasteiger partial charge >= 0.3 is 0 Å². The van der Waals surface area contributed by atoms with Crippen LogP contribution in [0.15, 0.2) is 0 Å². The average Bonchev–Trinajstić information content (AvgIpc) is 2.54. The molecule has 1 aromatic heterocycles. The third-order valence-corrected chi connectivity index (χ3v) is 4.64. The number of likely N-dealkylation sites (N-methyl/N-ethyl adjacent to an activating group) is 2. The third-order valence-electron chi connectivity index (χ3n) is 4.64. The fourth-order valence-electron chi connectivity index (χ4n) is 3.11. The third kappa shape index (κ3) is 4.45. The van der Waals surface area contributed by atoms with Crippen molar-refractivity contribution in [1.82, 2.24) is 19.8 Å². The van der Waals surface area contributed by atoms with E-state index in [0.29, 0.717) is 6.54 Å². The maximum Gasteiger partial charge on any atom is 0.225 e. The SMILES string of the molecule is CCN1CCc2nc(N3CCN(C)CC3)nc(CN)c2C1.Cl.Cl. The second-order valence-corrected chi connectivity index (χ2v) is 6.01. The highest BCUT2D eigenvalue weighted by molar-refractivity contribution is 5.85. The molecule has 0 aliphatic carbocycles. The van der Waals surface area contributed by atoms with E-state index < -0.39 is 0 Å². The number of rotatable bonds is 3. The highest BCUT2D eigenvalue weighted by Crippen LogP contribution is 2.23. The molecule has 3 heterocycles. The lowest BCUT2D eigenvalue weighted by atomic mass is 10.0. The number of halogens is 2. The Morgan fingerprint density at radius 1 is 1.04 bits per heavy atom. The number of anilines is 1. The monoisotopic (exact) mass is 362 g/mol. The van der Waals surface area contributed by atoms with Crippen LogP contribution in [0.5, 0.6) is 0 Å². The summed E-state index contributed by atoms with van der Waals surface area (Å²) in [6.07, 6.45) is 1.01. The molecule has 23 heavy (non-hydrogen) atoms. The summed E-state index contributed by atoms with van der Waals surface area (Å²) in [5.74, 6) is 0.882. The van der Waals surface area contributed by atoms with Gasteiger partial charge in [-0.1, -0.05) is 6.92 Å². The maximum absolute atomic E-state index is 5.95. The molecule has 0 bridgehead atoms. The Hall–Kier alpha value is -0.660. The van der Waals surface area contributed by atoms with Crippen molar-refractivity contribution in [2.45, 2.75) is 26.4 Å². The van der Waals surface area contributed by atoms with Crippen LogP contribution in [-0.2, 0) is 19.5 Å². The van der Waals surface area contributed by atoms with Crippen LogP contribution in [0.4, 0.5) is 5.95 Å². The van der Waals surface area contributed by atoms with E-state index in [1.807, 2.05) is 0 Å². The lowest BCUT2D eigenvalue weighted by Crippen LogP contribution is -2.45. The number of piperazine rings is 1. The Kier molecular flexibility index (Phi) is 7.97. The van der Waals surface area contributed by atoms with Crippen LogP contribution in [0.3, 0.4) is 0 Å². The summed E-state index contributed by atoms with van der Waals surface area (Å²) in [4.78, 5) is 16.7. The molecule has 1 fully saturated rings. The van der Waals surface area contributed by atoms with Crippen LogP contribution in [0, 0.1) is 0 Å². The zero-order chi connectivity index (χ0) is 14.8. The topological polar surface area (TPSA) is 61.5 Å². The molecule has 1 aromatic rings. The van der Waals surface area contributed by atoms with Crippen molar-refractivity contribution in [3.05, 3.63) is 17.0 Å². The van der Waals surface area contributed by atoms with Crippen LogP contribution in [0.25, 0.3) is 0 Å². The summed E-state index contributed by atoms with van der Waals surface area (Å²) < 4.78 is 0. The molecule has 0 atom stereocenters. The van der Waals surface area contributed by atoms with Crippen LogP contribution in [0.1, 0.15) is 23.9 Å². The molecule has 3 rings (SSSR count). The van der Waals surface area contributed by atoms with E-state index in [1.54, 1.807) is 0 Å². The fraction of sp³-hybridized carbons (Fsp3) is 0.733. The molecule has 1 saturated heterocycles. The smallest absolute Gasteiger partial charge is 0.225 e. The minimum Gasteiger partial charge on any atom is -0.338 e. The summed E-state index contributed by atoms with van der Waals surface area (Å²) >= 11 is 0. The minimum atomic E-state index is 0. The number of nitrogens with zero attached hydrogens (tertiary/aromatic N) is 5. The molecule has 132 valence electrons. The van der Waals surface area contributed by atoms with Gasteiger partial charge in [0.25, 0.3) is 0 Å². The Morgan fingerprint density at radius 3 is 2.35 bits per heavy atom. The van der Waals surface area contributed by atoms with Crippen molar-refractivity contribution < 1.29 is 0 Å². The van der Waals surface area contributed by atoms with Gasteiger partial charge in [0.15, 0.2) is 0 Å². The second-order valence-electron chi connectivity index (χ2n) is 6.01. The molecule has 2 aliphatic heterocycles. The molecule has 8 heteroatoms. The first-order chi connectivity index (χ1) is 10.2. The zero-order valence-electron chi connectivity index (χ0n) is 14.0. The van der Waals surface area contributed by atoms with Gasteiger partial charge in [-0.15, -0.1) is 24.8 Å². The second kappa shape index (κ2) is 8.99.